The lowest BCUT2D eigenvalue weighted by atomic mass is 9.96. The highest BCUT2D eigenvalue weighted by atomic mass is 35.5. The van der Waals surface area contributed by atoms with Crippen LogP contribution in [0.25, 0.3) is 0 Å². The summed E-state index contributed by atoms with van der Waals surface area (Å²) in [4.78, 5) is 40.4. The fourth-order valence-corrected chi connectivity index (χ4v) is 5.85. The van der Waals surface area contributed by atoms with E-state index in [1.54, 1.807) is 6.07 Å². The fraction of sp³-hybridized carbons (Fsp3) is 0.750. The molecule has 36 heavy (non-hydrogen) atoms. The summed E-state index contributed by atoms with van der Waals surface area (Å²) in [6.07, 6.45) is 5.80. The number of hydrogen-bond acceptors (Lipinski definition) is 8. The minimum Gasteiger partial charge on any atom is -0.379 e. The third-order valence-corrected chi connectivity index (χ3v) is 8.03. The van der Waals surface area contributed by atoms with Crippen molar-refractivity contribution < 1.29 is 14.3 Å². The Morgan fingerprint density at radius 1 is 1.14 bits per heavy atom. The summed E-state index contributed by atoms with van der Waals surface area (Å²) in [6.45, 7) is 8.75. The Kier molecular flexibility index (Phi) is 10.3. The molecule has 3 aliphatic rings. The summed E-state index contributed by atoms with van der Waals surface area (Å²) in [6, 6.07) is 2.13. The van der Waals surface area contributed by atoms with Crippen molar-refractivity contribution in [3.63, 3.8) is 0 Å². The van der Waals surface area contributed by atoms with Gasteiger partial charge < -0.3 is 25.2 Å². The maximum atomic E-state index is 12.8. The Labute approximate surface area is 222 Å². The quantitative estimate of drug-likeness (QED) is 0.294. The third kappa shape index (κ3) is 8.09. The third-order valence-electron chi connectivity index (χ3n) is 6.99. The molecule has 1 aliphatic carbocycles. The summed E-state index contributed by atoms with van der Waals surface area (Å²) < 4.78 is 5.35. The van der Waals surface area contributed by atoms with E-state index >= 15 is 0 Å². The first kappa shape index (κ1) is 27.2. The summed E-state index contributed by atoms with van der Waals surface area (Å²) in [5.41, 5.74) is 0. The number of rotatable bonds is 8. The van der Waals surface area contributed by atoms with E-state index in [2.05, 4.69) is 37.3 Å². The molecule has 1 aromatic rings. The molecule has 12 heteroatoms. The summed E-state index contributed by atoms with van der Waals surface area (Å²) >= 11 is 7.58. The minimum atomic E-state index is -0.0513. The molecule has 0 aromatic carbocycles. The van der Waals surface area contributed by atoms with Gasteiger partial charge in [0.05, 0.1) is 19.0 Å². The van der Waals surface area contributed by atoms with Crippen LogP contribution in [-0.2, 0) is 9.53 Å². The number of nitrogens with zero attached hydrogens (tertiary/aromatic N) is 5. The Morgan fingerprint density at radius 3 is 2.67 bits per heavy atom. The molecule has 0 bridgehead atoms. The van der Waals surface area contributed by atoms with Crippen LogP contribution < -0.4 is 15.5 Å². The smallest absolute Gasteiger partial charge is 0.317 e. The first-order valence-corrected chi connectivity index (χ1v) is 14.4. The molecule has 0 radical (unpaired) electrons. The predicted octanol–water partition coefficient (Wildman–Crippen LogP) is 2.22. The highest BCUT2D eigenvalue weighted by Gasteiger charge is 2.30. The average Bonchev–Trinajstić information content (AvgIpc) is 2.88. The Hall–Kier alpha value is -1.82. The van der Waals surface area contributed by atoms with Gasteiger partial charge in [-0.1, -0.05) is 42.6 Å². The van der Waals surface area contributed by atoms with E-state index in [0.717, 1.165) is 51.5 Å². The van der Waals surface area contributed by atoms with Gasteiger partial charge in [0, 0.05) is 64.0 Å². The molecule has 4 rings (SSSR count). The second-order valence-corrected chi connectivity index (χ2v) is 11.0. The molecule has 10 nitrogen and oxygen atoms in total. The molecule has 1 atom stereocenters. The predicted molar refractivity (Wildman–Crippen MR) is 142 cm³/mol. The Balaban J connectivity index is 1.23. The van der Waals surface area contributed by atoms with Crippen LogP contribution in [0.5, 0.6) is 0 Å². The lowest BCUT2D eigenvalue weighted by molar-refractivity contribution is -0.118. The van der Waals surface area contributed by atoms with Gasteiger partial charge >= 0.3 is 6.03 Å². The molecule has 3 fully saturated rings. The number of nitrogens with one attached hydrogen (secondary N) is 2. The van der Waals surface area contributed by atoms with Gasteiger partial charge in [-0.2, -0.15) is 0 Å². The van der Waals surface area contributed by atoms with Crippen molar-refractivity contribution in [2.24, 2.45) is 0 Å². The number of ether oxygens (including phenoxy) is 1. The Bertz CT molecular complexity index is 883. The van der Waals surface area contributed by atoms with Gasteiger partial charge in [-0.05, 0) is 19.8 Å². The number of morpholine rings is 1. The van der Waals surface area contributed by atoms with Gasteiger partial charge in [-0.15, -0.1) is 0 Å². The molecular weight excluding hydrogens is 502 g/mol. The number of halogens is 1. The summed E-state index contributed by atoms with van der Waals surface area (Å²) in [5, 5.41) is 7.01. The highest BCUT2D eigenvalue weighted by molar-refractivity contribution is 7.99. The number of carbonyl (C=O) groups is 2. The zero-order valence-corrected chi connectivity index (χ0v) is 22.7. The molecule has 2 N–H and O–H groups in total. The van der Waals surface area contributed by atoms with Gasteiger partial charge in [0.15, 0.2) is 5.16 Å². The van der Waals surface area contributed by atoms with E-state index in [9.17, 15) is 9.59 Å². The van der Waals surface area contributed by atoms with Crippen LogP contribution in [0.1, 0.15) is 39.0 Å². The number of amides is 3. The SMILES string of the molecule is CC1CN(c2cc(Cl)nc(SCC(=O)NCCN3CCOCC3)n2)CCN1C(=O)NC1CCCCC1. The second-order valence-electron chi connectivity index (χ2n) is 9.70. The monoisotopic (exact) mass is 539 g/mol. The fourth-order valence-electron chi connectivity index (χ4n) is 4.94. The van der Waals surface area contributed by atoms with Crippen molar-refractivity contribution in [3.05, 3.63) is 11.2 Å². The molecule has 200 valence electrons. The van der Waals surface area contributed by atoms with E-state index < -0.39 is 0 Å². The largest absolute Gasteiger partial charge is 0.379 e. The standard InChI is InChI=1S/C24H38ClN7O3S/c1-18-16-31(9-10-32(18)24(34)27-19-5-3-2-4-6-19)21-15-20(25)28-23(29-21)36-17-22(33)26-7-8-30-11-13-35-14-12-30/h15,18-19H,2-14,16-17H2,1H3,(H,26,33)(H,27,34). The van der Waals surface area contributed by atoms with Crippen molar-refractivity contribution in [2.45, 2.75) is 56.3 Å². The van der Waals surface area contributed by atoms with Gasteiger partial charge in [0.1, 0.15) is 11.0 Å². The molecule has 1 aromatic heterocycles. The summed E-state index contributed by atoms with van der Waals surface area (Å²) in [5.74, 6) is 0.906. The van der Waals surface area contributed by atoms with E-state index in [1.807, 2.05) is 4.90 Å². The molecule has 1 unspecified atom stereocenters. The number of urea groups is 1. The van der Waals surface area contributed by atoms with Crippen LogP contribution in [0.15, 0.2) is 11.2 Å². The molecule has 2 saturated heterocycles. The zero-order chi connectivity index (χ0) is 25.3. The van der Waals surface area contributed by atoms with Crippen LogP contribution in [0.3, 0.4) is 0 Å². The van der Waals surface area contributed by atoms with Crippen LogP contribution in [0.2, 0.25) is 5.15 Å². The van der Waals surface area contributed by atoms with Crippen molar-refractivity contribution in [1.29, 1.82) is 0 Å². The molecule has 2 aliphatic heterocycles. The first-order valence-electron chi connectivity index (χ1n) is 13.0. The number of thioether (sulfide) groups is 1. The molecule has 3 amide bonds. The average molecular weight is 540 g/mol. The lowest BCUT2D eigenvalue weighted by Gasteiger charge is -2.41. The van der Waals surface area contributed by atoms with E-state index in [1.165, 1.54) is 31.0 Å². The van der Waals surface area contributed by atoms with Gasteiger partial charge in [-0.25, -0.2) is 14.8 Å². The number of anilines is 1. The topological polar surface area (TPSA) is 103 Å². The molecule has 1 saturated carbocycles. The van der Waals surface area contributed by atoms with Crippen LogP contribution in [-0.4, -0.2) is 109 Å². The zero-order valence-electron chi connectivity index (χ0n) is 21.1. The van der Waals surface area contributed by atoms with Crippen LogP contribution >= 0.6 is 23.4 Å². The number of carbonyl (C=O) groups excluding carboxylic acids is 2. The van der Waals surface area contributed by atoms with Gasteiger partial charge in [0.25, 0.3) is 0 Å². The lowest BCUT2D eigenvalue weighted by Crippen LogP contribution is -2.58. The maximum absolute atomic E-state index is 12.8. The van der Waals surface area contributed by atoms with Gasteiger partial charge in [0.2, 0.25) is 5.91 Å². The van der Waals surface area contributed by atoms with E-state index in [0.29, 0.717) is 42.5 Å². The van der Waals surface area contributed by atoms with Crippen molar-refractivity contribution in [1.82, 2.24) is 30.4 Å². The first-order chi connectivity index (χ1) is 17.5. The second kappa shape index (κ2) is 13.6. The van der Waals surface area contributed by atoms with Crippen molar-refractivity contribution in [3.8, 4) is 0 Å². The summed E-state index contributed by atoms with van der Waals surface area (Å²) in [7, 11) is 0. The highest BCUT2D eigenvalue weighted by Crippen LogP contribution is 2.24. The van der Waals surface area contributed by atoms with Crippen molar-refractivity contribution >= 4 is 41.1 Å². The number of aromatic nitrogens is 2. The minimum absolute atomic E-state index is 0.0330. The number of piperazine rings is 1. The normalized spacial score (nSPS) is 21.9. The van der Waals surface area contributed by atoms with E-state index in [-0.39, 0.29) is 23.7 Å². The van der Waals surface area contributed by atoms with E-state index in [4.69, 9.17) is 16.3 Å². The van der Waals surface area contributed by atoms with Crippen LogP contribution in [0.4, 0.5) is 10.6 Å². The number of hydrogen-bond donors (Lipinski definition) is 2. The maximum Gasteiger partial charge on any atom is 0.317 e. The van der Waals surface area contributed by atoms with Gasteiger partial charge in [-0.3, -0.25) is 9.69 Å². The molecular formula is C24H38ClN7O3S. The van der Waals surface area contributed by atoms with Crippen molar-refractivity contribution in [2.75, 3.05) is 69.7 Å². The Morgan fingerprint density at radius 2 is 1.92 bits per heavy atom. The molecule has 3 heterocycles. The molecule has 0 spiro atoms. The van der Waals surface area contributed by atoms with Crippen LogP contribution in [0, 0.1) is 0 Å².